The average Bonchev–Trinajstić information content (AvgIpc) is 3.62. The fourth-order valence-corrected chi connectivity index (χ4v) is 6.07. The van der Waals surface area contributed by atoms with Crippen LogP contribution in [-0.4, -0.2) is 52.2 Å². The predicted octanol–water partition coefficient (Wildman–Crippen LogP) is 3.52. The number of hydrogen-bond acceptors (Lipinski definition) is 4. The van der Waals surface area contributed by atoms with Crippen molar-refractivity contribution in [3.05, 3.63) is 12.2 Å². The van der Waals surface area contributed by atoms with Crippen LogP contribution < -0.4 is 10.0 Å². The van der Waals surface area contributed by atoms with Crippen LogP contribution in [-0.2, 0) is 14.4 Å². The molecule has 2 aliphatic heterocycles. The molecule has 6 nitrogen and oxygen atoms in total. The monoisotopic (exact) mass is 465 g/mol. The third-order valence-corrected chi connectivity index (χ3v) is 8.81. The average molecular weight is 466 g/mol. The van der Waals surface area contributed by atoms with E-state index in [2.05, 4.69) is 36.0 Å². The summed E-state index contributed by atoms with van der Waals surface area (Å²) in [6.07, 6.45) is 11.1. The molecule has 4 aliphatic rings. The van der Waals surface area contributed by atoms with E-state index in [-0.39, 0.29) is 29.6 Å². The Morgan fingerprint density at radius 2 is 2.06 bits per heavy atom. The highest BCUT2D eigenvalue weighted by Crippen LogP contribution is 2.50. The zero-order valence-corrected chi connectivity index (χ0v) is 20.0. The van der Waals surface area contributed by atoms with E-state index in [4.69, 9.17) is 0 Å². The first-order chi connectivity index (χ1) is 15.3. The van der Waals surface area contributed by atoms with Crippen LogP contribution in [0.15, 0.2) is 12.2 Å². The highest BCUT2D eigenvalue weighted by molar-refractivity contribution is 7.99. The topological polar surface area (TPSA) is 78.5 Å². The largest absolute Gasteiger partial charge is 0.339 e. The lowest BCUT2D eigenvalue weighted by Gasteiger charge is -2.28. The van der Waals surface area contributed by atoms with Crippen LogP contribution in [0.4, 0.5) is 4.39 Å². The standard InChI is InChI=1S/C24H36FN3O3S/c1-16-6-3-4-7-18-14-24(18,22(31)27-32-23(15-25)9-10-23)26-21(30)19-8-5-11-28(19)20(29)13-17(2)12-16/h4,7,16-19H,3,5-6,8-15H2,1-2H3,(H,26,30)(H,27,31)/b7-4-/t16-,17-,18?,19+,24-/m1/s1. The van der Waals surface area contributed by atoms with Gasteiger partial charge in [-0.25, -0.2) is 4.39 Å². The summed E-state index contributed by atoms with van der Waals surface area (Å²) < 4.78 is 15.6. The van der Waals surface area contributed by atoms with Gasteiger partial charge >= 0.3 is 0 Å². The fraction of sp³-hybridized carbons (Fsp3) is 0.792. The van der Waals surface area contributed by atoms with Crippen LogP contribution in [0.5, 0.6) is 0 Å². The van der Waals surface area contributed by atoms with Gasteiger partial charge in [0.25, 0.3) is 5.91 Å². The Kier molecular flexibility index (Phi) is 6.89. The van der Waals surface area contributed by atoms with Gasteiger partial charge in [-0.1, -0.05) is 26.0 Å². The van der Waals surface area contributed by atoms with Gasteiger partial charge in [0.05, 0.1) is 4.75 Å². The van der Waals surface area contributed by atoms with Gasteiger partial charge in [-0.15, -0.1) is 0 Å². The summed E-state index contributed by atoms with van der Waals surface area (Å²) in [4.78, 5) is 41.1. The van der Waals surface area contributed by atoms with Crippen molar-refractivity contribution >= 4 is 29.7 Å². The second-order valence-electron chi connectivity index (χ2n) is 10.5. The first-order valence-corrected chi connectivity index (χ1v) is 12.9. The van der Waals surface area contributed by atoms with E-state index in [9.17, 15) is 18.8 Å². The molecule has 178 valence electrons. The summed E-state index contributed by atoms with van der Waals surface area (Å²) >= 11 is 1.16. The first-order valence-electron chi connectivity index (χ1n) is 12.1. The van der Waals surface area contributed by atoms with Crippen molar-refractivity contribution in [3.63, 3.8) is 0 Å². The molecule has 4 rings (SSSR count). The Balaban J connectivity index is 1.51. The molecule has 2 heterocycles. The van der Waals surface area contributed by atoms with Crippen LogP contribution in [0.3, 0.4) is 0 Å². The molecule has 0 bridgehead atoms. The SMILES string of the molecule is C[C@@H]1CC/C=C\C2C[C@@]2(C(=O)NSC2(CF)CC2)NC(=O)[C@@H]2CCCN2C(=O)C[C@H](C)C1. The van der Waals surface area contributed by atoms with Crippen molar-refractivity contribution in [1.29, 1.82) is 0 Å². The van der Waals surface area contributed by atoms with Crippen molar-refractivity contribution in [3.8, 4) is 0 Å². The van der Waals surface area contributed by atoms with Crippen molar-refractivity contribution in [1.82, 2.24) is 14.9 Å². The van der Waals surface area contributed by atoms with Gasteiger partial charge in [0.1, 0.15) is 18.3 Å². The number of amides is 3. The molecule has 0 aromatic heterocycles. The minimum absolute atomic E-state index is 0.0374. The predicted molar refractivity (Wildman–Crippen MR) is 123 cm³/mol. The number of rotatable bonds is 4. The number of allylic oxidation sites excluding steroid dienone is 1. The summed E-state index contributed by atoms with van der Waals surface area (Å²) in [5.74, 6) is 0.263. The first kappa shape index (κ1) is 23.6. The van der Waals surface area contributed by atoms with Gasteiger partial charge in [-0.3, -0.25) is 19.1 Å². The molecule has 32 heavy (non-hydrogen) atoms. The molecule has 2 N–H and O–H groups in total. The van der Waals surface area contributed by atoms with Crippen molar-refractivity contribution in [2.45, 2.75) is 88.0 Å². The number of nitrogens with one attached hydrogen (secondary N) is 2. The molecule has 0 spiro atoms. The maximum Gasteiger partial charge on any atom is 0.256 e. The van der Waals surface area contributed by atoms with E-state index >= 15 is 0 Å². The normalized spacial score (nSPS) is 37.9. The quantitative estimate of drug-likeness (QED) is 0.492. The lowest BCUT2D eigenvalue weighted by molar-refractivity contribution is -0.140. The number of carbonyl (C=O) groups is 3. The molecular weight excluding hydrogens is 429 g/mol. The lowest BCUT2D eigenvalue weighted by atomic mass is 9.91. The second-order valence-corrected chi connectivity index (χ2v) is 11.8. The summed E-state index contributed by atoms with van der Waals surface area (Å²) in [7, 11) is 0. The molecule has 1 unspecified atom stereocenters. The number of fused-ring (bicyclic) bond motifs is 2. The molecule has 8 heteroatoms. The smallest absolute Gasteiger partial charge is 0.256 e. The van der Waals surface area contributed by atoms with Gasteiger partial charge in [-0.2, -0.15) is 0 Å². The molecular formula is C24H36FN3O3S. The molecule has 1 saturated heterocycles. The lowest BCUT2D eigenvalue weighted by Crippen LogP contribution is -2.55. The maximum absolute atomic E-state index is 13.3. The van der Waals surface area contributed by atoms with E-state index < -0.39 is 23.0 Å². The van der Waals surface area contributed by atoms with Crippen LogP contribution in [0.25, 0.3) is 0 Å². The van der Waals surface area contributed by atoms with E-state index in [1.54, 1.807) is 4.90 Å². The minimum Gasteiger partial charge on any atom is -0.339 e. The van der Waals surface area contributed by atoms with Crippen LogP contribution in [0, 0.1) is 17.8 Å². The van der Waals surface area contributed by atoms with Crippen molar-refractivity contribution in [2.24, 2.45) is 17.8 Å². The molecule has 2 aliphatic carbocycles. The highest BCUT2D eigenvalue weighted by atomic mass is 32.2. The molecule has 3 fully saturated rings. The molecule has 2 saturated carbocycles. The zero-order chi connectivity index (χ0) is 22.9. The minimum atomic E-state index is -0.997. The van der Waals surface area contributed by atoms with Gasteiger partial charge in [0, 0.05) is 18.9 Å². The second kappa shape index (κ2) is 9.35. The molecule has 3 amide bonds. The molecule has 0 aromatic carbocycles. The zero-order valence-electron chi connectivity index (χ0n) is 19.2. The number of halogens is 1. The summed E-state index contributed by atoms with van der Waals surface area (Å²) in [5, 5.41) is 3.02. The van der Waals surface area contributed by atoms with E-state index in [0.717, 1.165) is 50.5 Å². The van der Waals surface area contributed by atoms with Crippen LogP contribution >= 0.6 is 11.9 Å². The highest BCUT2D eigenvalue weighted by Gasteiger charge is 2.61. The number of hydrogen-bond donors (Lipinski definition) is 2. The summed E-state index contributed by atoms with van der Waals surface area (Å²) in [6.45, 7) is 4.47. The Bertz CT molecular complexity index is 786. The number of nitrogens with zero attached hydrogens (tertiary/aromatic N) is 1. The van der Waals surface area contributed by atoms with Crippen LogP contribution in [0.1, 0.15) is 71.6 Å². The Morgan fingerprint density at radius 3 is 2.78 bits per heavy atom. The van der Waals surface area contributed by atoms with Crippen molar-refractivity contribution in [2.75, 3.05) is 13.2 Å². The molecule has 0 radical (unpaired) electrons. The Hall–Kier alpha value is -1.57. The van der Waals surface area contributed by atoms with Gasteiger partial charge in [0.15, 0.2) is 0 Å². The van der Waals surface area contributed by atoms with Gasteiger partial charge in [0.2, 0.25) is 11.8 Å². The van der Waals surface area contributed by atoms with Gasteiger partial charge in [-0.05, 0) is 75.2 Å². The number of alkyl halides is 1. The fourth-order valence-electron chi connectivity index (χ4n) is 5.22. The van der Waals surface area contributed by atoms with Gasteiger partial charge < -0.3 is 10.2 Å². The summed E-state index contributed by atoms with van der Waals surface area (Å²) in [5.41, 5.74) is -0.997. The third-order valence-electron chi connectivity index (χ3n) is 7.58. The Labute approximate surface area is 194 Å². The Morgan fingerprint density at radius 1 is 1.28 bits per heavy atom. The maximum atomic E-state index is 13.3. The summed E-state index contributed by atoms with van der Waals surface area (Å²) in [6, 6.07) is -0.513. The van der Waals surface area contributed by atoms with E-state index in [0.29, 0.717) is 31.7 Å². The molecule has 5 atom stereocenters. The molecule has 0 aromatic rings. The van der Waals surface area contributed by atoms with Crippen LogP contribution in [0.2, 0.25) is 0 Å². The number of carbonyl (C=O) groups excluding carboxylic acids is 3. The van der Waals surface area contributed by atoms with Crippen molar-refractivity contribution < 1.29 is 18.8 Å². The van der Waals surface area contributed by atoms with E-state index in [1.165, 1.54) is 0 Å². The van der Waals surface area contributed by atoms with E-state index in [1.807, 2.05) is 0 Å². The third kappa shape index (κ3) is 5.00.